The van der Waals surface area contributed by atoms with Crippen molar-refractivity contribution in [3.8, 4) is 0 Å². The van der Waals surface area contributed by atoms with Crippen molar-refractivity contribution in [1.82, 2.24) is 0 Å². The summed E-state index contributed by atoms with van der Waals surface area (Å²) in [7, 11) is 0. The highest BCUT2D eigenvalue weighted by Crippen LogP contribution is 2.23. The molecule has 0 aromatic heterocycles. The fourth-order valence-corrected chi connectivity index (χ4v) is 2.13. The molecule has 0 radical (unpaired) electrons. The van der Waals surface area contributed by atoms with Crippen LogP contribution in [-0.2, 0) is 10.2 Å². The van der Waals surface area contributed by atoms with Gasteiger partial charge in [-0.05, 0) is 35.6 Å². The maximum Gasteiger partial charge on any atom is 0.338 e. The molecule has 0 saturated carbocycles. The number of benzene rings is 2. The van der Waals surface area contributed by atoms with Gasteiger partial charge in [0.1, 0.15) is 6.10 Å². The Labute approximate surface area is 126 Å². The van der Waals surface area contributed by atoms with E-state index >= 15 is 0 Å². The average molecular weight is 282 g/mol. The van der Waals surface area contributed by atoms with Gasteiger partial charge in [-0.1, -0.05) is 63.2 Å². The fraction of sp³-hybridized carbons (Fsp3) is 0.316. The first-order valence-electron chi connectivity index (χ1n) is 7.24. The van der Waals surface area contributed by atoms with Crippen LogP contribution in [0.5, 0.6) is 0 Å². The van der Waals surface area contributed by atoms with E-state index in [9.17, 15) is 4.79 Å². The molecule has 2 aromatic rings. The molecule has 0 heterocycles. The van der Waals surface area contributed by atoms with Crippen LogP contribution in [0, 0.1) is 0 Å². The van der Waals surface area contributed by atoms with Gasteiger partial charge in [0, 0.05) is 0 Å². The van der Waals surface area contributed by atoms with E-state index in [1.807, 2.05) is 61.5 Å². The van der Waals surface area contributed by atoms with Crippen LogP contribution < -0.4 is 0 Å². The molecule has 2 rings (SSSR count). The van der Waals surface area contributed by atoms with Crippen molar-refractivity contribution in [3.05, 3.63) is 71.3 Å². The number of hydrogen-bond donors (Lipinski definition) is 0. The van der Waals surface area contributed by atoms with Crippen LogP contribution >= 0.6 is 0 Å². The zero-order chi connectivity index (χ0) is 15.5. The van der Waals surface area contributed by atoms with Gasteiger partial charge in [-0.15, -0.1) is 0 Å². The molecule has 2 aromatic carbocycles. The molecule has 2 heteroatoms. The Bertz CT molecular complexity index is 592. The maximum atomic E-state index is 12.2. The van der Waals surface area contributed by atoms with Crippen molar-refractivity contribution in [2.24, 2.45) is 0 Å². The molecule has 0 aliphatic heterocycles. The van der Waals surface area contributed by atoms with E-state index in [1.54, 1.807) is 0 Å². The standard InChI is InChI=1S/C19H22O2/c1-14(15-8-6-5-7-9-15)21-18(20)16-10-12-17(13-11-16)19(2,3)4/h5-14H,1-4H3. The summed E-state index contributed by atoms with van der Waals surface area (Å²) >= 11 is 0. The van der Waals surface area contributed by atoms with E-state index in [0.29, 0.717) is 5.56 Å². The monoisotopic (exact) mass is 282 g/mol. The van der Waals surface area contributed by atoms with Crippen molar-refractivity contribution in [2.75, 3.05) is 0 Å². The summed E-state index contributed by atoms with van der Waals surface area (Å²) in [5, 5.41) is 0. The van der Waals surface area contributed by atoms with Crippen molar-refractivity contribution >= 4 is 5.97 Å². The van der Waals surface area contributed by atoms with E-state index in [-0.39, 0.29) is 17.5 Å². The van der Waals surface area contributed by atoms with Gasteiger partial charge in [0.25, 0.3) is 0 Å². The van der Waals surface area contributed by atoms with Crippen molar-refractivity contribution in [2.45, 2.75) is 39.2 Å². The minimum absolute atomic E-state index is 0.0831. The van der Waals surface area contributed by atoms with E-state index in [1.165, 1.54) is 5.56 Å². The Balaban J connectivity index is 2.07. The first kappa shape index (κ1) is 15.3. The molecule has 110 valence electrons. The SMILES string of the molecule is CC(OC(=O)c1ccc(C(C)(C)C)cc1)c1ccccc1. The van der Waals surface area contributed by atoms with Crippen LogP contribution in [0.2, 0.25) is 0 Å². The molecule has 0 aliphatic rings. The van der Waals surface area contributed by atoms with Crippen molar-refractivity contribution in [3.63, 3.8) is 0 Å². The van der Waals surface area contributed by atoms with Crippen LogP contribution in [0.4, 0.5) is 0 Å². The summed E-state index contributed by atoms with van der Waals surface area (Å²) in [6.45, 7) is 8.34. The third-order valence-electron chi connectivity index (χ3n) is 3.54. The second-order valence-electron chi connectivity index (χ2n) is 6.29. The Kier molecular flexibility index (Phi) is 4.46. The maximum absolute atomic E-state index is 12.2. The lowest BCUT2D eigenvalue weighted by atomic mass is 9.87. The predicted octanol–water partition coefficient (Wildman–Crippen LogP) is 4.90. The number of carbonyl (C=O) groups excluding carboxylic acids is 1. The van der Waals surface area contributed by atoms with Crippen LogP contribution in [0.15, 0.2) is 54.6 Å². The van der Waals surface area contributed by atoms with Gasteiger partial charge in [-0.3, -0.25) is 0 Å². The molecule has 21 heavy (non-hydrogen) atoms. The summed E-state index contributed by atoms with van der Waals surface area (Å²) in [4.78, 5) is 12.2. The quantitative estimate of drug-likeness (QED) is 0.748. The molecule has 0 aliphatic carbocycles. The summed E-state index contributed by atoms with van der Waals surface area (Å²) in [5.41, 5.74) is 2.87. The van der Waals surface area contributed by atoms with Crippen LogP contribution in [0.1, 0.15) is 55.3 Å². The second kappa shape index (κ2) is 6.13. The molecule has 1 atom stereocenters. The summed E-state index contributed by atoms with van der Waals surface area (Å²) < 4.78 is 5.51. The minimum atomic E-state index is -0.285. The van der Waals surface area contributed by atoms with Crippen molar-refractivity contribution in [1.29, 1.82) is 0 Å². The van der Waals surface area contributed by atoms with Gasteiger partial charge in [0.2, 0.25) is 0 Å². The van der Waals surface area contributed by atoms with Crippen molar-refractivity contribution < 1.29 is 9.53 Å². The molecule has 0 N–H and O–H groups in total. The van der Waals surface area contributed by atoms with E-state index in [4.69, 9.17) is 4.74 Å². The van der Waals surface area contributed by atoms with Gasteiger partial charge in [0.15, 0.2) is 0 Å². The third-order valence-corrected chi connectivity index (χ3v) is 3.54. The highest BCUT2D eigenvalue weighted by molar-refractivity contribution is 5.89. The predicted molar refractivity (Wildman–Crippen MR) is 85.4 cm³/mol. The largest absolute Gasteiger partial charge is 0.454 e. The molecule has 0 spiro atoms. The normalized spacial score (nSPS) is 12.8. The molecule has 0 saturated heterocycles. The van der Waals surface area contributed by atoms with Crippen LogP contribution in [-0.4, -0.2) is 5.97 Å². The van der Waals surface area contributed by atoms with Gasteiger partial charge in [0.05, 0.1) is 5.56 Å². The average Bonchev–Trinajstić information content (AvgIpc) is 2.47. The number of ether oxygens (including phenoxy) is 1. The Morgan fingerprint density at radius 2 is 1.52 bits per heavy atom. The molecular weight excluding hydrogens is 260 g/mol. The lowest BCUT2D eigenvalue weighted by Gasteiger charge is -2.19. The smallest absolute Gasteiger partial charge is 0.338 e. The summed E-state index contributed by atoms with van der Waals surface area (Å²) in [5.74, 6) is -0.285. The van der Waals surface area contributed by atoms with Gasteiger partial charge >= 0.3 is 5.97 Å². The zero-order valence-electron chi connectivity index (χ0n) is 13.1. The van der Waals surface area contributed by atoms with E-state index in [2.05, 4.69) is 20.8 Å². The number of rotatable bonds is 3. The second-order valence-corrected chi connectivity index (χ2v) is 6.29. The van der Waals surface area contributed by atoms with Crippen LogP contribution in [0.25, 0.3) is 0 Å². The summed E-state index contributed by atoms with van der Waals surface area (Å²) in [6.07, 6.45) is -0.249. The molecule has 2 nitrogen and oxygen atoms in total. The fourth-order valence-electron chi connectivity index (χ4n) is 2.13. The van der Waals surface area contributed by atoms with Gasteiger partial charge in [-0.2, -0.15) is 0 Å². The topological polar surface area (TPSA) is 26.3 Å². The number of carbonyl (C=O) groups is 1. The van der Waals surface area contributed by atoms with Gasteiger partial charge < -0.3 is 4.74 Å². The molecule has 0 bridgehead atoms. The molecular formula is C19H22O2. The zero-order valence-corrected chi connectivity index (χ0v) is 13.1. The Morgan fingerprint density at radius 1 is 0.952 bits per heavy atom. The first-order valence-corrected chi connectivity index (χ1v) is 7.24. The lowest BCUT2D eigenvalue weighted by molar-refractivity contribution is 0.0338. The minimum Gasteiger partial charge on any atom is -0.454 e. The lowest BCUT2D eigenvalue weighted by Crippen LogP contribution is -2.12. The molecule has 0 amide bonds. The van der Waals surface area contributed by atoms with Crippen LogP contribution in [0.3, 0.4) is 0 Å². The number of hydrogen-bond acceptors (Lipinski definition) is 2. The molecule has 1 unspecified atom stereocenters. The Morgan fingerprint density at radius 3 is 2.05 bits per heavy atom. The van der Waals surface area contributed by atoms with E-state index in [0.717, 1.165) is 5.56 Å². The summed E-state index contributed by atoms with van der Waals surface area (Å²) in [6, 6.07) is 17.4. The highest BCUT2D eigenvalue weighted by atomic mass is 16.5. The van der Waals surface area contributed by atoms with Gasteiger partial charge in [-0.25, -0.2) is 4.79 Å². The first-order chi connectivity index (χ1) is 9.88. The molecule has 0 fully saturated rings. The highest BCUT2D eigenvalue weighted by Gasteiger charge is 2.16. The third kappa shape index (κ3) is 3.94. The Hall–Kier alpha value is -2.09. The van der Waals surface area contributed by atoms with E-state index < -0.39 is 0 Å². The number of esters is 1.